The third-order valence-corrected chi connectivity index (χ3v) is 4.66. The molecule has 1 aliphatic heterocycles. The summed E-state index contributed by atoms with van der Waals surface area (Å²) in [6.45, 7) is 0.710. The summed E-state index contributed by atoms with van der Waals surface area (Å²) in [4.78, 5) is 12.2. The van der Waals surface area contributed by atoms with E-state index in [-0.39, 0.29) is 5.91 Å². The van der Waals surface area contributed by atoms with Gasteiger partial charge in [0.05, 0.1) is 18.4 Å². The molecule has 2 rings (SSSR count). The van der Waals surface area contributed by atoms with Crippen LogP contribution in [0, 0.1) is 0 Å². The first-order valence-electron chi connectivity index (χ1n) is 6.54. The Morgan fingerprint density at radius 2 is 2.37 bits per heavy atom. The van der Waals surface area contributed by atoms with Crippen molar-refractivity contribution in [3.8, 4) is 5.75 Å². The van der Waals surface area contributed by atoms with Crippen LogP contribution in [0.15, 0.2) is 18.2 Å². The van der Waals surface area contributed by atoms with Gasteiger partial charge in [-0.25, -0.2) is 0 Å². The molecule has 1 saturated heterocycles. The van der Waals surface area contributed by atoms with E-state index in [1.807, 2.05) is 11.8 Å². The Labute approximate surface area is 118 Å². The van der Waals surface area contributed by atoms with Gasteiger partial charge in [-0.1, -0.05) is 12.5 Å². The second kappa shape index (κ2) is 6.70. The molecule has 1 aromatic rings. The topological polar surface area (TPSA) is 64.3 Å². The number of nitrogens with one attached hydrogen (secondary N) is 1. The molecule has 0 aromatic heterocycles. The van der Waals surface area contributed by atoms with E-state index in [4.69, 9.17) is 10.5 Å². The lowest BCUT2D eigenvalue weighted by molar-refractivity contribution is 0.0950. The van der Waals surface area contributed by atoms with Crippen molar-refractivity contribution in [1.82, 2.24) is 5.32 Å². The van der Waals surface area contributed by atoms with Gasteiger partial charge >= 0.3 is 0 Å². The second-order valence-corrected chi connectivity index (χ2v) is 6.03. The molecule has 0 radical (unpaired) electrons. The fourth-order valence-corrected chi connectivity index (χ4v) is 3.47. The van der Waals surface area contributed by atoms with Crippen LogP contribution in [0.1, 0.15) is 29.6 Å². The minimum atomic E-state index is -0.115. The van der Waals surface area contributed by atoms with Crippen molar-refractivity contribution < 1.29 is 9.53 Å². The van der Waals surface area contributed by atoms with Gasteiger partial charge in [0.15, 0.2) is 5.75 Å². The molecule has 1 unspecified atom stereocenters. The molecule has 1 heterocycles. The van der Waals surface area contributed by atoms with Crippen molar-refractivity contribution in [1.29, 1.82) is 0 Å². The Bertz CT molecular complexity index is 445. The summed E-state index contributed by atoms with van der Waals surface area (Å²) in [5.74, 6) is 1.54. The summed E-state index contributed by atoms with van der Waals surface area (Å²) >= 11 is 1.94. The maximum atomic E-state index is 12.2. The van der Waals surface area contributed by atoms with Crippen molar-refractivity contribution in [2.45, 2.75) is 24.5 Å². The van der Waals surface area contributed by atoms with Crippen LogP contribution in [0.5, 0.6) is 5.75 Å². The molecular formula is C14H20N2O2S. The van der Waals surface area contributed by atoms with Gasteiger partial charge in [0.1, 0.15) is 0 Å². The van der Waals surface area contributed by atoms with Gasteiger partial charge in [0, 0.05) is 11.8 Å². The first-order valence-corrected chi connectivity index (χ1v) is 7.59. The molecule has 1 aromatic carbocycles. The summed E-state index contributed by atoms with van der Waals surface area (Å²) < 4.78 is 5.20. The van der Waals surface area contributed by atoms with Crippen molar-refractivity contribution in [2.24, 2.45) is 0 Å². The zero-order valence-electron chi connectivity index (χ0n) is 11.1. The van der Waals surface area contributed by atoms with Gasteiger partial charge in [-0.15, -0.1) is 0 Å². The summed E-state index contributed by atoms with van der Waals surface area (Å²) in [6.07, 6.45) is 3.73. The van der Waals surface area contributed by atoms with Crippen LogP contribution < -0.4 is 15.8 Å². The van der Waals surface area contributed by atoms with Gasteiger partial charge in [-0.05, 0) is 30.7 Å². The van der Waals surface area contributed by atoms with Gasteiger partial charge in [-0.3, -0.25) is 4.79 Å². The molecule has 1 amide bonds. The first-order chi connectivity index (χ1) is 9.22. The number of anilines is 1. The molecule has 19 heavy (non-hydrogen) atoms. The van der Waals surface area contributed by atoms with Gasteiger partial charge in [-0.2, -0.15) is 11.8 Å². The number of nitrogens with two attached hydrogens (primary N) is 1. The van der Waals surface area contributed by atoms with E-state index in [0.29, 0.717) is 28.8 Å². The number of ether oxygens (including phenoxy) is 1. The summed E-state index contributed by atoms with van der Waals surface area (Å²) in [5.41, 5.74) is 6.79. The molecule has 4 nitrogen and oxygen atoms in total. The van der Waals surface area contributed by atoms with Crippen LogP contribution >= 0.6 is 11.8 Å². The van der Waals surface area contributed by atoms with E-state index in [0.717, 1.165) is 0 Å². The standard InChI is InChI=1S/C14H20N2O2S/c1-18-13-11(6-4-7-12(13)15)14(17)16-9-10-5-2-3-8-19-10/h4,6-7,10H,2-3,5,8-9,15H2,1H3,(H,16,17). The Kier molecular flexibility index (Phi) is 4.96. The smallest absolute Gasteiger partial charge is 0.255 e. The van der Waals surface area contributed by atoms with Crippen LogP contribution in [0.3, 0.4) is 0 Å². The van der Waals surface area contributed by atoms with Gasteiger partial charge in [0.25, 0.3) is 5.91 Å². The van der Waals surface area contributed by atoms with Crippen LogP contribution in [0.25, 0.3) is 0 Å². The van der Waals surface area contributed by atoms with Gasteiger partial charge in [0.2, 0.25) is 0 Å². The highest BCUT2D eigenvalue weighted by atomic mass is 32.2. The Hall–Kier alpha value is -1.36. The van der Waals surface area contributed by atoms with E-state index >= 15 is 0 Å². The van der Waals surface area contributed by atoms with E-state index in [9.17, 15) is 4.79 Å². The highest BCUT2D eigenvalue weighted by Crippen LogP contribution is 2.27. The molecule has 3 N–H and O–H groups in total. The Morgan fingerprint density at radius 1 is 1.53 bits per heavy atom. The van der Waals surface area contributed by atoms with E-state index in [2.05, 4.69) is 5.32 Å². The average molecular weight is 280 g/mol. The normalized spacial score (nSPS) is 18.9. The number of carbonyl (C=O) groups excluding carboxylic acids is 1. The molecule has 0 aliphatic carbocycles. The lowest BCUT2D eigenvalue weighted by Gasteiger charge is -2.21. The number of hydrogen-bond acceptors (Lipinski definition) is 4. The van der Waals surface area contributed by atoms with Crippen LogP contribution in [0.4, 0.5) is 5.69 Å². The van der Waals surface area contributed by atoms with Crippen molar-refractivity contribution in [3.63, 3.8) is 0 Å². The quantitative estimate of drug-likeness (QED) is 0.831. The largest absolute Gasteiger partial charge is 0.494 e. The third-order valence-electron chi connectivity index (χ3n) is 3.26. The highest BCUT2D eigenvalue weighted by molar-refractivity contribution is 7.99. The monoisotopic (exact) mass is 280 g/mol. The van der Waals surface area contributed by atoms with Gasteiger partial charge < -0.3 is 15.8 Å². The fraction of sp³-hybridized carbons (Fsp3) is 0.500. The fourth-order valence-electron chi connectivity index (χ4n) is 2.23. The van der Waals surface area contributed by atoms with Crippen LogP contribution in [0.2, 0.25) is 0 Å². The number of benzene rings is 1. The maximum absolute atomic E-state index is 12.2. The second-order valence-electron chi connectivity index (χ2n) is 4.63. The number of carbonyl (C=O) groups is 1. The van der Waals surface area contributed by atoms with Crippen molar-refractivity contribution in [2.75, 3.05) is 25.1 Å². The van der Waals surface area contributed by atoms with Crippen LogP contribution in [-0.2, 0) is 0 Å². The zero-order valence-corrected chi connectivity index (χ0v) is 12.0. The van der Waals surface area contributed by atoms with Crippen molar-refractivity contribution >= 4 is 23.4 Å². The summed E-state index contributed by atoms with van der Waals surface area (Å²) in [7, 11) is 1.53. The molecule has 104 valence electrons. The predicted octanol–water partition coefficient (Wildman–Crippen LogP) is 2.29. The number of nitrogen functional groups attached to an aromatic ring is 1. The Morgan fingerprint density at radius 3 is 3.05 bits per heavy atom. The molecule has 1 atom stereocenters. The maximum Gasteiger partial charge on any atom is 0.255 e. The number of para-hydroxylation sites is 1. The molecular weight excluding hydrogens is 260 g/mol. The summed E-state index contributed by atoms with van der Waals surface area (Å²) in [5, 5.41) is 3.51. The number of rotatable bonds is 4. The molecule has 0 saturated carbocycles. The Balaban J connectivity index is 1.97. The van der Waals surface area contributed by atoms with E-state index in [1.165, 1.54) is 32.1 Å². The average Bonchev–Trinajstić information content (AvgIpc) is 2.45. The zero-order chi connectivity index (χ0) is 13.7. The number of amides is 1. The highest BCUT2D eigenvalue weighted by Gasteiger charge is 2.18. The molecule has 0 spiro atoms. The minimum Gasteiger partial charge on any atom is -0.494 e. The van der Waals surface area contributed by atoms with E-state index in [1.54, 1.807) is 18.2 Å². The molecule has 5 heteroatoms. The first kappa shape index (κ1) is 14.1. The SMILES string of the molecule is COc1c(N)cccc1C(=O)NCC1CCCCS1. The number of thioether (sulfide) groups is 1. The lowest BCUT2D eigenvalue weighted by Crippen LogP contribution is -2.32. The molecule has 1 aliphatic rings. The lowest BCUT2D eigenvalue weighted by atomic mass is 10.1. The number of hydrogen-bond donors (Lipinski definition) is 2. The summed E-state index contributed by atoms with van der Waals surface area (Å²) in [6, 6.07) is 5.23. The number of methoxy groups -OCH3 is 1. The molecule has 0 bridgehead atoms. The van der Waals surface area contributed by atoms with Crippen LogP contribution in [-0.4, -0.2) is 30.6 Å². The molecule has 1 fully saturated rings. The van der Waals surface area contributed by atoms with Crippen molar-refractivity contribution in [3.05, 3.63) is 23.8 Å². The minimum absolute atomic E-state index is 0.115. The van der Waals surface area contributed by atoms with E-state index < -0.39 is 0 Å². The predicted molar refractivity (Wildman–Crippen MR) is 79.8 cm³/mol. The third kappa shape index (κ3) is 3.56.